The Labute approximate surface area is 198 Å². The zero-order valence-electron chi connectivity index (χ0n) is 18.8. The molecule has 1 amide bonds. The summed E-state index contributed by atoms with van der Waals surface area (Å²) in [5, 5.41) is 0. The number of carbonyl (C=O) groups is 1. The molecular weight excluding hydrogens is 428 g/mol. The number of likely N-dealkylation sites (N-methyl/N-ethyl adjacent to an activating group) is 1. The van der Waals surface area contributed by atoms with Gasteiger partial charge in [0.1, 0.15) is 0 Å². The monoisotopic (exact) mass is 454 g/mol. The summed E-state index contributed by atoms with van der Waals surface area (Å²) in [5.74, 6) is -0.0297. The smallest absolute Gasteiger partial charge is 0.262 e. The molecule has 0 fully saturated rings. The summed E-state index contributed by atoms with van der Waals surface area (Å²) < 4.78 is 5.94. The average Bonchev–Trinajstić information content (AvgIpc) is 3.22. The fourth-order valence-electron chi connectivity index (χ4n) is 4.15. The molecule has 166 valence electrons. The van der Waals surface area contributed by atoms with Crippen LogP contribution in [0, 0.1) is 0 Å². The number of hydrogen-bond donors (Lipinski definition) is 0. The Balaban J connectivity index is 1.61. The zero-order chi connectivity index (χ0) is 22.8. The first kappa shape index (κ1) is 21.6. The van der Waals surface area contributed by atoms with Crippen molar-refractivity contribution in [3.05, 3.63) is 95.4 Å². The van der Waals surface area contributed by atoms with Crippen molar-refractivity contribution < 1.29 is 9.53 Å². The Morgan fingerprint density at radius 3 is 2.21 bits per heavy atom. The van der Waals surface area contributed by atoms with Gasteiger partial charge < -0.3 is 9.64 Å². The van der Waals surface area contributed by atoms with E-state index in [1.807, 2.05) is 85.7 Å². The molecule has 0 radical (unpaired) electrons. The minimum Gasteiger partial charge on any atom is -0.375 e. The Bertz CT molecular complexity index is 1220. The van der Waals surface area contributed by atoms with Crippen molar-refractivity contribution in [3.8, 4) is 21.6 Å². The van der Waals surface area contributed by atoms with Gasteiger partial charge in [0.25, 0.3) is 5.91 Å². The first-order valence-corrected chi connectivity index (χ1v) is 11.9. The number of carbonyl (C=O) groups excluding carboxylic acids is 1. The predicted molar refractivity (Wildman–Crippen MR) is 136 cm³/mol. The van der Waals surface area contributed by atoms with Crippen LogP contribution in [0.25, 0.3) is 21.6 Å². The first-order chi connectivity index (χ1) is 16.1. The first-order valence-electron chi connectivity index (χ1n) is 11.1. The summed E-state index contributed by atoms with van der Waals surface area (Å²) in [6, 6.07) is 28.1. The lowest BCUT2D eigenvalue weighted by molar-refractivity contribution is 0.0999. The van der Waals surface area contributed by atoms with Crippen LogP contribution < -0.4 is 4.90 Å². The van der Waals surface area contributed by atoms with Crippen molar-refractivity contribution in [2.75, 3.05) is 32.1 Å². The molecule has 1 aliphatic rings. The fourth-order valence-corrected chi connectivity index (χ4v) is 5.29. The number of hydrogen-bond acceptors (Lipinski definition) is 4. The van der Waals surface area contributed by atoms with Crippen LogP contribution in [0.15, 0.2) is 84.9 Å². The van der Waals surface area contributed by atoms with Crippen LogP contribution >= 0.6 is 11.3 Å². The van der Waals surface area contributed by atoms with Gasteiger partial charge in [-0.1, -0.05) is 54.6 Å². The maximum Gasteiger partial charge on any atom is 0.262 e. The zero-order valence-corrected chi connectivity index (χ0v) is 19.6. The van der Waals surface area contributed by atoms with Gasteiger partial charge in [-0.3, -0.25) is 9.69 Å². The van der Waals surface area contributed by atoms with Gasteiger partial charge in [-0.05, 0) is 44.4 Å². The third-order valence-corrected chi connectivity index (χ3v) is 6.90. The van der Waals surface area contributed by atoms with E-state index in [0.29, 0.717) is 18.8 Å². The number of ether oxygens (including phenoxy) is 1. The second kappa shape index (κ2) is 9.32. The number of rotatable bonds is 6. The van der Waals surface area contributed by atoms with Gasteiger partial charge in [-0.2, -0.15) is 0 Å². The lowest BCUT2D eigenvalue weighted by Gasteiger charge is -2.25. The number of para-hydroxylation sites is 2. The highest BCUT2D eigenvalue weighted by molar-refractivity contribution is 7.16. The Morgan fingerprint density at radius 1 is 0.848 bits per heavy atom. The van der Waals surface area contributed by atoms with E-state index in [9.17, 15) is 4.79 Å². The summed E-state index contributed by atoms with van der Waals surface area (Å²) in [5.41, 5.74) is 5.75. The van der Waals surface area contributed by atoms with Crippen molar-refractivity contribution in [2.24, 2.45) is 0 Å². The van der Waals surface area contributed by atoms with Crippen LogP contribution in [-0.2, 0) is 11.3 Å². The molecule has 0 N–H and O–H groups in total. The van der Waals surface area contributed by atoms with Crippen molar-refractivity contribution >= 4 is 28.6 Å². The van der Waals surface area contributed by atoms with E-state index in [0.717, 1.165) is 34.6 Å². The highest BCUT2D eigenvalue weighted by Crippen LogP contribution is 2.51. The number of thiophene rings is 1. The Kier molecular flexibility index (Phi) is 6.09. The predicted octanol–water partition coefficient (Wildman–Crippen LogP) is 6.45. The minimum absolute atomic E-state index is 0.0297. The van der Waals surface area contributed by atoms with Gasteiger partial charge in [-0.15, -0.1) is 11.3 Å². The molecule has 0 spiro atoms. The molecular formula is C28H26N2O2S. The van der Waals surface area contributed by atoms with Crippen molar-refractivity contribution in [2.45, 2.75) is 6.61 Å². The van der Waals surface area contributed by atoms with Gasteiger partial charge in [0.15, 0.2) is 0 Å². The maximum atomic E-state index is 13.8. The van der Waals surface area contributed by atoms with Crippen molar-refractivity contribution in [1.82, 2.24) is 4.90 Å². The molecule has 5 heteroatoms. The number of benzene rings is 3. The molecule has 4 aromatic rings. The third kappa shape index (κ3) is 4.23. The topological polar surface area (TPSA) is 32.8 Å². The van der Waals surface area contributed by atoms with Gasteiger partial charge in [0.2, 0.25) is 0 Å². The number of nitrogens with zero attached hydrogens (tertiary/aromatic N) is 2. The van der Waals surface area contributed by atoms with Crippen LogP contribution in [-0.4, -0.2) is 38.1 Å². The SMILES string of the molecule is CN(C)CCOCc1cc2c(s1)-c1ccccc1N(C(=O)c1ccccc1)c1ccccc1-2. The van der Waals surface area contributed by atoms with E-state index in [-0.39, 0.29) is 5.91 Å². The second-order valence-electron chi connectivity index (χ2n) is 8.35. The maximum absolute atomic E-state index is 13.8. The van der Waals surface area contributed by atoms with Gasteiger partial charge in [0, 0.05) is 38.6 Å². The third-order valence-electron chi connectivity index (χ3n) is 5.76. The van der Waals surface area contributed by atoms with Crippen LogP contribution in [0.1, 0.15) is 15.2 Å². The Morgan fingerprint density at radius 2 is 1.48 bits per heavy atom. The van der Waals surface area contributed by atoms with Gasteiger partial charge in [-0.25, -0.2) is 0 Å². The standard InChI is InChI=1S/C28H26N2O2S/c1-29(2)16-17-32-19-21-18-24-22-12-6-8-14-25(22)30(28(31)20-10-4-3-5-11-20)26-15-9-7-13-23(26)27(24)33-21/h3-15,18H,16-17,19H2,1-2H3. The molecule has 0 bridgehead atoms. The van der Waals surface area contributed by atoms with Crippen molar-refractivity contribution in [1.29, 1.82) is 0 Å². The molecule has 33 heavy (non-hydrogen) atoms. The highest BCUT2D eigenvalue weighted by Gasteiger charge is 2.30. The molecule has 0 atom stereocenters. The molecule has 0 saturated carbocycles. The van der Waals surface area contributed by atoms with Crippen LogP contribution in [0.3, 0.4) is 0 Å². The van der Waals surface area contributed by atoms with E-state index in [2.05, 4.69) is 23.1 Å². The molecule has 1 aromatic heterocycles. The molecule has 3 aromatic carbocycles. The summed E-state index contributed by atoms with van der Waals surface area (Å²) in [7, 11) is 4.10. The number of anilines is 2. The molecule has 5 rings (SSSR count). The van der Waals surface area contributed by atoms with Crippen molar-refractivity contribution in [3.63, 3.8) is 0 Å². The fraction of sp³-hybridized carbons (Fsp3) is 0.179. The number of fused-ring (bicyclic) bond motifs is 5. The summed E-state index contributed by atoms with van der Waals surface area (Å²) in [4.78, 5) is 20.1. The lowest BCUT2D eigenvalue weighted by Crippen LogP contribution is -2.26. The molecule has 0 aliphatic carbocycles. The molecule has 2 heterocycles. The minimum atomic E-state index is -0.0297. The number of amides is 1. The van der Waals surface area contributed by atoms with Crippen LogP contribution in [0.4, 0.5) is 11.4 Å². The van der Waals surface area contributed by atoms with Crippen LogP contribution in [0.2, 0.25) is 0 Å². The molecule has 1 aliphatic heterocycles. The summed E-state index contributed by atoms with van der Waals surface area (Å²) in [6.45, 7) is 2.18. The Hall–Kier alpha value is -3.25. The normalized spacial score (nSPS) is 12.2. The van der Waals surface area contributed by atoms with Crippen LogP contribution in [0.5, 0.6) is 0 Å². The summed E-state index contributed by atoms with van der Waals surface area (Å²) in [6.07, 6.45) is 0. The highest BCUT2D eigenvalue weighted by atomic mass is 32.1. The van der Waals surface area contributed by atoms with E-state index >= 15 is 0 Å². The van der Waals surface area contributed by atoms with Gasteiger partial charge in [0.05, 0.1) is 24.6 Å². The van der Waals surface area contributed by atoms with E-state index in [1.54, 1.807) is 11.3 Å². The largest absolute Gasteiger partial charge is 0.375 e. The van der Waals surface area contributed by atoms with E-state index in [1.165, 1.54) is 9.75 Å². The van der Waals surface area contributed by atoms with E-state index in [4.69, 9.17) is 4.74 Å². The summed E-state index contributed by atoms with van der Waals surface area (Å²) >= 11 is 1.75. The molecule has 0 unspecified atom stereocenters. The van der Waals surface area contributed by atoms with Gasteiger partial charge >= 0.3 is 0 Å². The quantitative estimate of drug-likeness (QED) is 0.314. The lowest BCUT2D eigenvalue weighted by atomic mass is 10.0. The average molecular weight is 455 g/mol. The molecule has 4 nitrogen and oxygen atoms in total. The molecule has 0 saturated heterocycles. The second-order valence-corrected chi connectivity index (χ2v) is 9.49. The van der Waals surface area contributed by atoms with E-state index < -0.39 is 0 Å².